The summed E-state index contributed by atoms with van der Waals surface area (Å²) in [5.74, 6) is -0.198. The van der Waals surface area contributed by atoms with Crippen LogP contribution in [0.5, 0.6) is 0 Å². The predicted molar refractivity (Wildman–Crippen MR) is 95.6 cm³/mol. The summed E-state index contributed by atoms with van der Waals surface area (Å²) >= 11 is 0. The molecule has 0 bridgehead atoms. The molecular formula is C17H17N3O5S. The first-order chi connectivity index (χ1) is 12.3. The molecule has 136 valence electrons. The number of nitro benzene ring substituents is 1. The van der Waals surface area contributed by atoms with E-state index in [2.05, 4.69) is 10.0 Å². The Hall–Kier alpha value is -2.94. The second-order valence-corrected chi connectivity index (χ2v) is 7.82. The number of hydrogen-bond acceptors (Lipinski definition) is 5. The molecule has 1 aliphatic carbocycles. The smallest absolute Gasteiger partial charge is 0.273 e. The average molecular weight is 375 g/mol. The Morgan fingerprint density at radius 3 is 2.38 bits per heavy atom. The third kappa shape index (κ3) is 3.99. The van der Waals surface area contributed by atoms with Crippen molar-refractivity contribution in [3.63, 3.8) is 0 Å². The van der Waals surface area contributed by atoms with Gasteiger partial charge in [0, 0.05) is 28.9 Å². The number of nitrogens with one attached hydrogen (secondary N) is 2. The van der Waals surface area contributed by atoms with E-state index in [4.69, 9.17) is 0 Å². The van der Waals surface area contributed by atoms with Crippen LogP contribution in [0.1, 0.15) is 28.8 Å². The lowest BCUT2D eigenvalue weighted by Gasteiger charge is -2.09. The van der Waals surface area contributed by atoms with Gasteiger partial charge in [-0.1, -0.05) is 6.07 Å². The highest BCUT2D eigenvalue weighted by Gasteiger charge is 2.24. The van der Waals surface area contributed by atoms with Crippen LogP contribution in [0.3, 0.4) is 0 Å². The largest absolute Gasteiger partial charge is 0.349 e. The molecule has 8 nitrogen and oxygen atoms in total. The zero-order chi connectivity index (χ0) is 18.9. The maximum Gasteiger partial charge on any atom is 0.273 e. The highest BCUT2D eigenvalue weighted by molar-refractivity contribution is 7.92. The Kier molecular flexibility index (Phi) is 4.64. The number of nitrogens with zero attached hydrogens (tertiary/aromatic N) is 1. The fourth-order valence-electron chi connectivity index (χ4n) is 2.35. The molecule has 0 aromatic heterocycles. The van der Waals surface area contributed by atoms with Gasteiger partial charge in [0.05, 0.1) is 9.82 Å². The summed E-state index contributed by atoms with van der Waals surface area (Å²) in [6.07, 6.45) is 1.96. The maximum atomic E-state index is 12.4. The van der Waals surface area contributed by atoms with Crippen molar-refractivity contribution in [1.82, 2.24) is 5.32 Å². The van der Waals surface area contributed by atoms with Gasteiger partial charge < -0.3 is 5.32 Å². The zero-order valence-electron chi connectivity index (χ0n) is 13.9. The molecule has 0 atom stereocenters. The number of sulfonamides is 1. The van der Waals surface area contributed by atoms with Crippen molar-refractivity contribution >= 4 is 27.3 Å². The average Bonchev–Trinajstić information content (AvgIpc) is 3.39. The molecule has 9 heteroatoms. The third-order valence-corrected chi connectivity index (χ3v) is 5.38. The number of anilines is 1. The van der Waals surface area contributed by atoms with Crippen LogP contribution in [-0.2, 0) is 10.0 Å². The van der Waals surface area contributed by atoms with Gasteiger partial charge in [0.2, 0.25) is 0 Å². The van der Waals surface area contributed by atoms with E-state index in [9.17, 15) is 23.3 Å². The Labute approximate surface area is 150 Å². The first-order valence-corrected chi connectivity index (χ1v) is 9.43. The van der Waals surface area contributed by atoms with Crippen LogP contribution in [0.4, 0.5) is 11.4 Å². The van der Waals surface area contributed by atoms with Gasteiger partial charge in [0.25, 0.3) is 21.6 Å². The summed E-state index contributed by atoms with van der Waals surface area (Å²) in [7, 11) is -3.98. The van der Waals surface area contributed by atoms with Crippen molar-refractivity contribution in [2.75, 3.05) is 4.72 Å². The van der Waals surface area contributed by atoms with E-state index in [1.165, 1.54) is 43.3 Å². The van der Waals surface area contributed by atoms with Crippen molar-refractivity contribution in [1.29, 1.82) is 0 Å². The van der Waals surface area contributed by atoms with E-state index in [1.54, 1.807) is 0 Å². The van der Waals surface area contributed by atoms with E-state index in [0.29, 0.717) is 11.1 Å². The highest BCUT2D eigenvalue weighted by Crippen LogP contribution is 2.24. The van der Waals surface area contributed by atoms with Crippen molar-refractivity contribution in [2.24, 2.45) is 0 Å². The van der Waals surface area contributed by atoms with Gasteiger partial charge in [-0.3, -0.25) is 19.6 Å². The number of aryl methyl sites for hydroxylation is 1. The van der Waals surface area contributed by atoms with Crippen molar-refractivity contribution in [3.8, 4) is 0 Å². The highest BCUT2D eigenvalue weighted by atomic mass is 32.2. The molecule has 0 saturated heterocycles. The summed E-state index contributed by atoms with van der Waals surface area (Å²) in [6, 6.07) is 9.94. The monoisotopic (exact) mass is 375 g/mol. The minimum absolute atomic E-state index is 0.198. The van der Waals surface area contributed by atoms with Gasteiger partial charge in [-0.05, 0) is 50.1 Å². The summed E-state index contributed by atoms with van der Waals surface area (Å²) in [4.78, 5) is 22.1. The molecular weight excluding hydrogens is 358 g/mol. The molecule has 1 saturated carbocycles. The fourth-order valence-corrected chi connectivity index (χ4v) is 3.43. The first-order valence-electron chi connectivity index (χ1n) is 7.95. The predicted octanol–water partition coefficient (Wildman–Crippen LogP) is 2.60. The Morgan fingerprint density at radius 1 is 1.15 bits per heavy atom. The van der Waals surface area contributed by atoms with Gasteiger partial charge in [0.1, 0.15) is 0 Å². The summed E-state index contributed by atoms with van der Waals surface area (Å²) in [5, 5.41) is 13.8. The van der Waals surface area contributed by atoms with E-state index < -0.39 is 14.9 Å². The van der Waals surface area contributed by atoms with Gasteiger partial charge in [0.15, 0.2) is 0 Å². The molecule has 0 radical (unpaired) electrons. The van der Waals surface area contributed by atoms with Crippen LogP contribution in [0.2, 0.25) is 0 Å². The lowest BCUT2D eigenvalue weighted by molar-refractivity contribution is -0.385. The summed E-state index contributed by atoms with van der Waals surface area (Å²) < 4.78 is 27.3. The number of hydrogen-bond donors (Lipinski definition) is 2. The minimum atomic E-state index is -3.98. The number of benzene rings is 2. The molecule has 0 unspecified atom stereocenters. The van der Waals surface area contributed by atoms with Gasteiger partial charge >= 0.3 is 0 Å². The SMILES string of the molecule is Cc1ccc(S(=O)(=O)Nc2ccc(C(=O)NC3CC3)cc2)cc1[N+](=O)[O-]. The number of nitro groups is 1. The quantitative estimate of drug-likeness (QED) is 0.594. The second-order valence-electron chi connectivity index (χ2n) is 6.14. The lowest BCUT2D eigenvalue weighted by Crippen LogP contribution is -2.25. The number of rotatable bonds is 6. The molecule has 2 aromatic carbocycles. The van der Waals surface area contributed by atoms with E-state index in [1.807, 2.05) is 0 Å². The standard InChI is InChI=1S/C17H17N3O5S/c1-11-2-9-15(10-16(11)20(22)23)26(24,25)19-14-5-3-12(4-6-14)17(21)18-13-7-8-13/h2-6,9-10,13,19H,7-8H2,1H3,(H,18,21). The normalized spacial score (nSPS) is 13.9. The second kappa shape index (κ2) is 6.75. The molecule has 1 fully saturated rings. The summed E-state index contributed by atoms with van der Waals surface area (Å²) in [5.41, 5.74) is 0.807. The van der Waals surface area contributed by atoms with E-state index in [-0.39, 0.29) is 28.2 Å². The maximum absolute atomic E-state index is 12.4. The van der Waals surface area contributed by atoms with E-state index in [0.717, 1.165) is 18.9 Å². The summed E-state index contributed by atoms with van der Waals surface area (Å²) in [6.45, 7) is 1.54. The molecule has 2 N–H and O–H groups in total. The molecule has 1 aliphatic rings. The number of carbonyl (C=O) groups excluding carboxylic acids is 1. The van der Waals surface area contributed by atoms with Crippen LogP contribution < -0.4 is 10.0 Å². The zero-order valence-corrected chi connectivity index (χ0v) is 14.7. The van der Waals surface area contributed by atoms with Gasteiger partial charge in [-0.2, -0.15) is 0 Å². The fraction of sp³-hybridized carbons (Fsp3) is 0.235. The van der Waals surface area contributed by atoms with Gasteiger partial charge in [-0.25, -0.2) is 8.42 Å². The molecule has 0 aliphatic heterocycles. The van der Waals surface area contributed by atoms with Crippen molar-refractivity contribution in [2.45, 2.75) is 30.7 Å². The molecule has 1 amide bonds. The molecule has 0 spiro atoms. The molecule has 3 rings (SSSR count). The Bertz CT molecular complexity index is 966. The first kappa shape index (κ1) is 17.9. The lowest BCUT2D eigenvalue weighted by atomic mass is 10.2. The van der Waals surface area contributed by atoms with Crippen LogP contribution in [0.25, 0.3) is 0 Å². The van der Waals surface area contributed by atoms with Crippen LogP contribution in [0.15, 0.2) is 47.4 Å². The Balaban J connectivity index is 1.77. The topological polar surface area (TPSA) is 118 Å². The van der Waals surface area contributed by atoms with Crippen LogP contribution >= 0.6 is 0 Å². The molecule has 0 heterocycles. The van der Waals surface area contributed by atoms with Crippen molar-refractivity contribution < 1.29 is 18.1 Å². The van der Waals surface area contributed by atoms with Crippen molar-refractivity contribution in [3.05, 3.63) is 63.7 Å². The van der Waals surface area contributed by atoms with Crippen LogP contribution in [-0.4, -0.2) is 25.3 Å². The number of carbonyl (C=O) groups is 1. The van der Waals surface area contributed by atoms with E-state index >= 15 is 0 Å². The minimum Gasteiger partial charge on any atom is -0.349 e. The third-order valence-electron chi connectivity index (χ3n) is 4.00. The van der Waals surface area contributed by atoms with Crippen LogP contribution in [0, 0.1) is 17.0 Å². The molecule has 2 aromatic rings. The molecule has 26 heavy (non-hydrogen) atoms. The Morgan fingerprint density at radius 2 is 1.81 bits per heavy atom. The van der Waals surface area contributed by atoms with Gasteiger partial charge in [-0.15, -0.1) is 0 Å². The number of amides is 1.